The number of hydrogen-bond acceptors (Lipinski definition) is 4. The first kappa shape index (κ1) is 21.0. The van der Waals surface area contributed by atoms with Crippen molar-refractivity contribution in [1.82, 2.24) is 14.5 Å². The Morgan fingerprint density at radius 2 is 1.52 bits per heavy atom. The third-order valence-corrected chi connectivity index (χ3v) is 4.45. The van der Waals surface area contributed by atoms with Crippen molar-refractivity contribution in [2.75, 3.05) is 27.2 Å². The Labute approximate surface area is 166 Å². The van der Waals surface area contributed by atoms with Crippen molar-refractivity contribution in [3.05, 3.63) is 60.2 Å². The molecular weight excluding hydrogens is 358 g/mol. The van der Waals surface area contributed by atoms with Crippen molar-refractivity contribution in [2.45, 2.75) is 13.8 Å². The lowest BCUT2D eigenvalue weighted by Crippen LogP contribution is -2.44. The van der Waals surface area contributed by atoms with Crippen LogP contribution in [0.2, 0.25) is 0 Å². The van der Waals surface area contributed by atoms with Gasteiger partial charge in [-0.1, -0.05) is 69.1 Å². The second-order valence-corrected chi connectivity index (χ2v) is 8.02. The lowest BCUT2D eigenvalue weighted by molar-refractivity contribution is 0.0893. The SMILES string of the molecule is CN(C)CC(C)(C)CNC(=O)N(S)C(=O)c1ccc(-c2ccccc2)cc1. The number of amides is 3. The fourth-order valence-corrected chi connectivity index (χ4v) is 3.14. The molecule has 0 saturated carbocycles. The molecule has 1 N–H and O–H groups in total. The molecule has 0 aliphatic carbocycles. The Kier molecular flexibility index (Phi) is 7.05. The zero-order chi connectivity index (χ0) is 20.0. The van der Waals surface area contributed by atoms with Crippen LogP contribution in [0.3, 0.4) is 0 Å². The Balaban J connectivity index is 1.99. The average molecular weight is 386 g/mol. The van der Waals surface area contributed by atoms with E-state index in [1.54, 1.807) is 12.1 Å². The third kappa shape index (κ3) is 6.12. The first-order chi connectivity index (χ1) is 12.7. The van der Waals surface area contributed by atoms with Crippen molar-refractivity contribution < 1.29 is 9.59 Å². The van der Waals surface area contributed by atoms with Gasteiger partial charge in [0.15, 0.2) is 0 Å². The molecule has 0 saturated heterocycles. The van der Waals surface area contributed by atoms with Crippen LogP contribution in [-0.2, 0) is 0 Å². The number of benzene rings is 2. The van der Waals surface area contributed by atoms with Crippen molar-refractivity contribution in [3.8, 4) is 11.1 Å². The van der Waals surface area contributed by atoms with Crippen LogP contribution in [0, 0.1) is 5.41 Å². The quantitative estimate of drug-likeness (QED) is 0.741. The molecule has 0 bridgehead atoms. The number of thiol groups is 1. The number of carbonyl (C=O) groups excluding carboxylic acids is 2. The highest BCUT2D eigenvalue weighted by molar-refractivity contribution is 7.79. The molecule has 6 heteroatoms. The van der Waals surface area contributed by atoms with Gasteiger partial charge in [-0.15, -0.1) is 0 Å². The molecular formula is C21H27N3O2S. The van der Waals surface area contributed by atoms with Gasteiger partial charge in [0, 0.05) is 18.7 Å². The van der Waals surface area contributed by atoms with Crippen LogP contribution in [0.15, 0.2) is 54.6 Å². The lowest BCUT2D eigenvalue weighted by atomic mass is 9.93. The topological polar surface area (TPSA) is 52.7 Å². The molecule has 0 aromatic heterocycles. The first-order valence-electron chi connectivity index (χ1n) is 8.81. The molecule has 2 aromatic rings. The van der Waals surface area contributed by atoms with Crippen molar-refractivity contribution in [2.24, 2.45) is 5.41 Å². The molecule has 0 atom stereocenters. The summed E-state index contributed by atoms with van der Waals surface area (Å²) in [6, 6.07) is 16.5. The van der Waals surface area contributed by atoms with Crippen molar-refractivity contribution >= 4 is 24.8 Å². The summed E-state index contributed by atoms with van der Waals surface area (Å²) in [4.78, 5) is 26.9. The van der Waals surface area contributed by atoms with Crippen LogP contribution >= 0.6 is 12.8 Å². The summed E-state index contributed by atoms with van der Waals surface area (Å²) in [6.07, 6.45) is 0. The smallest absolute Gasteiger partial charge is 0.334 e. The zero-order valence-electron chi connectivity index (χ0n) is 16.3. The van der Waals surface area contributed by atoms with Gasteiger partial charge in [0.25, 0.3) is 5.91 Å². The second kappa shape index (κ2) is 9.06. The Morgan fingerprint density at radius 3 is 2.07 bits per heavy atom. The fourth-order valence-electron chi connectivity index (χ4n) is 2.95. The van der Waals surface area contributed by atoms with Crippen LogP contribution in [0.4, 0.5) is 4.79 Å². The van der Waals surface area contributed by atoms with Crippen LogP contribution in [0.25, 0.3) is 11.1 Å². The number of urea groups is 1. The Morgan fingerprint density at radius 1 is 0.963 bits per heavy atom. The van der Waals surface area contributed by atoms with E-state index in [0.29, 0.717) is 12.1 Å². The molecule has 0 aliphatic heterocycles. The Hall–Kier alpha value is -2.31. The highest BCUT2D eigenvalue weighted by Crippen LogP contribution is 2.20. The first-order valence-corrected chi connectivity index (χ1v) is 9.21. The molecule has 0 spiro atoms. The second-order valence-electron chi connectivity index (χ2n) is 7.62. The minimum absolute atomic E-state index is 0.117. The van der Waals surface area contributed by atoms with Gasteiger partial charge in [-0.05, 0) is 42.8 Å². The molecule has 0 aliphatic rings. The highest BCUT2D eigenvalue weighted by Gasteiger charge is 2.24. The maximum Gasteiger partial charge on any atom is 0.334 e. The van der Waals surface area contributed by atoms with Crippen LogP contribution in [0.5, 0.6) is 0 Å². The summed E-state index contributed by atoms with van der Waals surface area (Å²) in [5.74, 6) is -0.458. The normalized spacial score (nSPS) is 11.3. The van der Waals surface area contributed by atoms with Crippen molar-refractivity contribution in [3.63, 3.8) is 0 Å². The van der Waals surface area contributed by atoms with Crippen LogP contribution in [0.1, 0.15) is 24.2 Å². The molecule has 144 valence electrons. The van der Waals surface area contributed by atoms with Crippen LogP contribution < -0.4 is 5.32 Å². The molecule has 27 heavy (non-hydrogen) atoms. The fraction of sp³-hybridized carbons (Fsp3) is 0.333. The average Bonchev–Trinajstić information content (AvgIpc) is 2.65. The van der Waals surface area contributed by atoms with Gasteiger partial charge in [0.05, 0.1) is 0 Å². The summed E-state index contributed by atoms with van der Waals surface area (Å²) in [6.45, 7) is 5.37. The maximum absolute atomic E-state index is 12.5. The standard InChI is InChI=1S/C21H27N3O2S/c1-21(2,15-23(3)4)14-22-20(26)24(27)19(25)18-12-10-17(11-13-18)16-8-6-5-7-9-16/h5-13,27H,14-15H2,1-4H3,(H,22,26). The molecule has 2 rings (SSSR count). The Bertz CT molecular complexity index is 774. The molecule has 0 unspecified atom stereocenters. The number of nitrogens with zero attached hydrogens (tertiary/aromatic N) is 2. The van der Waals surface area contributed by atoms with Gasteiger partial charge >= 0.3 is 6.03 Å². The van der Waals surface area contributed by atoms with Gasteiger partial charge in [0.2, 0.25) is 0 Å². The molecule has 5 nitrogen and oxygen atoms in total. The summed E-state index contributed by atoms with van der Waals surface area (Å²) in [7, 11) is 3.97. The predicted octanol–water partition coefficient (Wildman–Crippen LogP) is 3.94. The number of carbonyl (C=O) groups is 2. The molecule has 0 heterocycles. The summed E-state index contributed by atoms with van der Waals surface area (Å²) in [5, 5.41) is 2.78. The van der Waals surface area contributed by atoms with Gasteiger partial charge < -0.3 is 10.2 Å². The lowest BCUT2D eigenvalue weighted by Gasteiger charge is -2.29. The van der Waals surface area contributed by atoms with E-state index < -0.39 is 11.9 Å². The van der Waals surface area contributed by atoms with E-state index >= 15 is 0 Å². The molecule has 2 aromatic carbocycles. The van der Waals surface area contributed by atoms with E-state index in [9.17, 15) is 9.59 Å². The largest absolute Gasteiger partial charge is 0.336 e. The highest BCUT2D eigenvalue weighted by atomic mass is 32.1. The van der Waals surface area contributed by atoms with Crippen LogP contribution in [-0.4, -0.2) is 48.3 Å². The number of nitrogens with one attached hydrogen (secondary N) is 1. The minimum atomic E-state index is -0.526. The van der Waals surface area contributed by atoms with E-state index in [1.807, 2.05) is 56.6 Å². The molecule has 3 amide bonds. The summed E-state index contributed by atoms with van der Waals surface area (Å²) < 4.78 is 0.823. The zero-order valence-corrected chi connectivity index (χ0v) is 17.2. The van der Waals surface area contributed by atoms with E-state index in [-0.39, 0.29) is 5.41 Å². The predicted molar refractivity (Wildman–Crippen MR) is 113 cm³/mol. The van der Waals surface area contributed by atoms with Crippen molar-refractivity contribution in [1.29, 1.82) is 0 Å². The van der Waals surface area contributed by atoms with E-state index in [0.717, 1.165) is 22.0 Å². The monoisotopic (exact) mass is 385 g/mol. The van der Waals surface area contributed by atoms with E-state index in [4.69, 9.17) is 0 Å². The van der Waals surface area contributed by atoms with E-state index in [2.05, 4.69) is 36.9 Å². The van der Waals surface area contributed by atoms with Gasteiger partial charge in [-0.2, -0.15) is 0 Å². The molecule has 0 radical (unpaired) electrons. The number of rotatable bonds is 6. The number of hydrogen-bond donors (Lipinski definition) is 2. The number of imide groups is 1. The van der Waals surface area contributed by atoms with Gasteiger partial charge in [0.1, 0.15) is 0 Å². The van der Waals surface area contributed by atoms with E-state index in [1.165, 1.54) is 0 Å². The summed E-state index contributed by atoms with van der Waals surface area (Å²) >= 11 is 4.09. The third-order valence-electron chi connectivity index (χ3n) is 4.09. The minimum Gasteiger partial charge on any atom is -0.336 e. The van der Waals surface area contributed by atoms with Gasteiger partial charge in [-0.25, -0.2) is 9.10 Å². The summed E-state index contributed by atoms with van der Waals surface area (Å²) in [5.41, 5.74) is 2.37. The van der Waals surface area contributed by atoms with Gasteiger partial charge in [-0.3, -0.25) is 4.79 Å². The molecule has 0 fully saturated rings. The maximum atomic E-state index is 12.5.